The standard InChI is InChI=1S/C13H19N5O3S/c1-10(17-22(2,20)21)13(19)14-8-5-7-12-16-15-11-6-3-4-9-18(11)12/h3-4,6,9-10,17H,5,7-8H2,1-2H3,(H,14,19). The van der Waals surface area contributed by atoms with Crippen LogP contribution in [0.2, 0.25) is 0 Å². The Morgan fingerprint density at radius 3 is 2.86 bits per heavy atom. The molecule has 2 heterocycles. The van der Waals surface area contributed by atoms with Crippen molar-refractivity contribution in [2.75, 3.05) is 12.8 Å². The molecule has 22 heavy (non-hydrogen) atoms. The molecule has 120 valence electrons. The molecule has 0 fully saturated rings. The SMILES string of the molecule is CC(NS(C)(=O)=O)C(=O)NCCCc1nnc2ccccn12. The number of carbonyl (C=O) groups is 1. The van der Waals surface area contributed by atoms with Crippen LogP contribution < -0.4 is 10.0 Å². The van der Waals surface area contributed by atoms with Gasteiger partial charge in [-0.15, -0.1) is 10.2 Å². The molecule has 2 N–H and O–H groups in total. The van der Waals surface area contributed by atoms with Gasteiger partial charge in [0, 0.05) is 19.2 Å². The van der Waals surface area contributed by atoms with Gasteiger partial charge in [-0.3, -0.25) is 9.20 Å². The minimum absolute atomic E-state index is 0.350. The monoisotopic (exact) mass is 325 g/mol. The van der Waals surface area contributed by atoms with Gasteiger partial charge in [-0.25, -0.2) is 13.1 Å². The summed E-state index contributed by atoms with van der Waals surface area (Å²) in [5.41, 5.74) is 0.785. The first-order valence-electron chi connectivity index (χ1n) is 6.90. The van der Waals surface area contributed by atoms with Crippen molar-refractivity contribution in [1.82, 2.24) is 24.6 Å². The normalized spacial score (nSPS) is 13.2. The van der Waals surface area contributed by atoms with Gasteiger partial charge >= 0.3 is 0 Å². The molecule has 0 bridgehead atoms. The second kappa shape index (κ2) is 6.84. The van der Waals surface area contributed by atoms with Crippen molar-refractivity contribution in [1.29, 1.82) is 0 Å². The van der Waals surface area contributed by atoms with E-state index in [0.717, 1.165) is 17.7 Å². The van der Waals surface area contributed by atoms with Gasteiger partial charge in [0.25, 0.3) is 0 Å². The van der Waals surface area contributed by atoms with E-state index in [1.54, 1.807) is 0 Å². The van der Waals surface area contributed by atoms with Crippen LogP contribution in [0.4, 0.5) is 0 Å². The van der Waals surface area contributed by atoms with Gasteiger partial charge in [-0.1, -0.05) is 6.07 Å². The number of nitrogens with one attached hydrogen (secondary N) is 2. The predicted molar refractivity (Wildman–Crippen MR) is 81.8 cm³/mol. The Morgan fingerprint density at radius 1 is 1.36 bits per heavy atom. The maximum atomic E-state index is 11.7. The molecule has 0 aliphatic carbocycles. The topological polar surface area (TPSA) is 105 Å². The number of amides is 1. The first kappa shape index (κ1) is 16.4. The van der Waals surface area contributed by atoms with Crippen molar-refractivity contribution in [2.24, 2.45) is 0 Å². The van der Waals surface area contributed by atoms with Crippen molar-refractivity contribution >= 4 is 21.6 Å². The Hall–Kier alpha value is -2.00. The number of nitrogens with zero attached hydrogens (tertiary/aromatic N) is 3. The molecule has 0 spiro atoms. The quantitative estimate of drug-likeness (QED) is 0.681. The predicted octanol–water partition coefficient (Wildman–Crippen LogP) is -0.284. The number of aromatic nitrogens is 3. The molecule has 0 aliphatic rings. The largest absolute Gasteiger partial charge is 0.355 e. The van der Waals surface area contributed by atoms with Crippen LogP contribution in [0.15, 0.2) is 24.4 Å². The smallest absolute Gasteiger partial charge is 0.237 e. The summed E-state index contributed by atoms with van der Waals surface area (Å²) in [6, 6.07) is 4.88. The second-order valence-corrected chi connectivity index (χ2v) is 6.83. The molecule has 1 amide bonds. The summed E-state index contributed by atoms with van der Waals surface area (Å²) in [5, 5.41) is 10.8. The van der Waals surface area contributed by atoms with Gasteiger partial charge in [0.2, 0.25) is 15.9 Å². The van der Waals surface area contributed by atoms with E-state index in [2.05, 4.69) is 20.2 Å². The van der Waals surface area contributed by atoms with Gasteiger partial charge in [-0.2, -0.15) is 0 Å². The summed E-state index contributed by atoms with van der Waals surface area (Å²) in [6.45, 7) is 1.94. The zero-order valence-electron chi connectivity index (χ0n) is 12.5. The lowest BCUT2D eigenvalue weighted by Crippen LogP contribution is -2.44. The van der Waals surface area contributed by atoms with E-state index >= 15 is 0 Å². The average Bonchev–Trinajstić information content (AvgIpc) is 2.85. The van der Waals surface area contributed by atoms with Crippen LogP contribution in [0, 0.1) is 0 Å². The number of fused-ring (bicyclic) bond motifs is 1. The molecule has 0 radical (unpaired) electrons. The first-order chi connectivity index (χ1) is 10.4. The molecule has 1 atom stereocenters. The summed E-state index contributed by atoms with van der Waals surface area (Å²) in [6.07, 6.45) is 4.26. The number of aryl methyl sites for hydroxylation is 1. The number of rotatable bonds is 7. The highest BCUT2D eigenvalue weighted by molar-refractivity contribution is 7.88. The molecule has 9 heteroatoms. The third-order valence-electron chi connectivity index (χ3n) is 3.04. The number of hydrogen-bond donors (Lipinski definition) is 2. The van der Waals surface area contributed by atoms with Gasteiger partial charge < -0.3 is 5.32 Å². The van der Waals surface area contributed by atoms with Crippen molar-refractivity contribution in [3.8, 4) is 0 Å². The Morgan fingerprint density at radius 2 is 2.14 bits per heavy atom. The Balaban J connectivity index is 1.78. The van der Waals surface area contributed by atoms with Crippen LogP contribution in [-0.2, 0) is 21.2 Å². The van der Waals surface area contributed by atoms with Crippen molar-refractivity contribution in [3.05, 3.63) is 30.2 Å². The maximum Gasteiger partial charge on any atom is 0.237 e. The minimum Gasteiger partial charge on any atom is -0.355 e. The highest BCUT2D eigenvalue weighted by Gasteiger charge is 2.16. The first-order valence-corrected chi connectivity index (χ1v) is 8.79. The molecule has 2 aromatic rings. The molecule has 2 aromatic heterocycles. The molecular weight excluding hydrogens is 306 g/mol. The number of pyridine rings is 1. The van der Waals surface area contributed by atoms with Gasteiger partial charge in [0.05, 0.1) is 12.3 Å². The van der Waals surface area contributed by atoms with Crippen molar-refractivity contribution < 1.29 is 13.2 Å². The lowest BCUT2D eigenvalue weighted by molar-refractivity contribution is -0.122. The van der Waals surface area contributed by atoms with E-state index in [-0.39, 0.29) is 5.91 Å². The summed E-state index contributed by atoms with van der Waals surface area (Å²) >= 11 is 0. The highest BCUT2D eigenvalue weighted by Crippen LogP contribution is 2.04. The van der Waals surface area contributed by atoms with E-state index < -0.39 is 16.1 Å². The molecule has 2 rings (SSSR count). The molecule has 1 unspecified atom stereocenters. The van der Waals surface area contributed by atoms with Gasteiger partial charge in [0.15, 0.2) is 5.65 Å². The molecule has 0 aliphatic heterocycles. The fourth-order valence-electron chi connectivity index (χ4n) is 2.05. The van der Waals surface area contributed by atoms with E-state index in [1.165, 1.54) is 6.92 Å². The molecular formula is C13H19N5O3S. The average molecular weight is 325 g/mol. The maximum absolute atomic E-state index is 11.7. The molecule has 0 aromatic carbocycles. The summed E-state index contributed by atoms with van der Waals surface area (Å²) in [4.78, 5) is 11.7. The highest BCUT2D eigenvalue weighted by atomic mass is 32.2. The lowest BCUT2D eigenvalue weighted by atomic mass is 10.2. The van der Waals surface area contributed by atoms with E-state index in [4.69, 9.17) is 0 Å². The van der Waals surface area contributed by atoms with Crippen LogP contribution in [0.5, 0.6) is 0 Å². The van der Waals surface area contributed by atoms with E-state index in [0.29, 0.717) is 19.4 Å². The zero-order valence-corrected chi connectivity index (χ0v) is 13.3. The van der Waals surface area contributed by atoms with Crippen LogP contribution in [0.3, 0.4) is 0 Å². The fourth-order valence-corrected chi connectivity index (χ4v) is 2.80. The van der Waals surface area contributed by atoms with Crippen molar-refractivity contribution in [2.45, 2.75) is 25.8 Å². The third kappa shape index (κ3) is 4.50. The van der Waals surface area contributed by atoms with Crippen LogP contribution >= 0.6 is 0 Å². The molecule has 0 saturated carbocycles. The number of carbonyl (C=O) groups excluding carboxylic acids is 1. The van der Waals surface area contributed by atoms with Crippen LogP contribution in [0.25, 0.3) is 5.65 Å². The van der Waals surface area contributed by atoms with Crippen LogP contribution in [0.1, 0.15) is 19.2 Å². The summed E-state index contributed by atoms with van der Waals surface area (Å²) in [5.74, 6) is 0.476. The minimum atomic E-state index is -3.39. The van der Waals surface area contributed by atoms with E-state index in [1.807, 2.05) is 28.8 Å². The lowest BCUT2D eigenvalue weighted by Gasteiger charge is -2.12. The second-order valence-electron chi connectivity index (χ2n) is 5.05. The van der Waals surface area contributed by atoms with Crippen LogP contribution in [-0.4, -0.2) is 47.8 Å². The van der Waals surface area contributed by atoms with Gasteiger partial charge in [0.1, 0.15) is 5.82 Å². The Labute approximate surface area is 129 Å². The zero-order chi connectivity index (χ0) is 16.2. The van der Waals surface area contributed by atoms with E-state index in [9.17, 15) is 13.2 Å². The third-order valence-corrected chi connectivity index (χ3v) is 3.83. The van der Waals surface area contributed by atoms with Gasteiger partial charge in [-0.05, 0) is 25.5 Å². The fraction of sp³-hybridized carbons (Fsp3) is 0.462. The number of sulfonamides is 1. The Kier molecular flexibility index (Phi) is 5.09. The Bertz CT molecular complexity index is 756. The molecule has 8 nitrogen and oxygen atoms in total. The molecule has 0 saturated heterocycles. The number of hydrogen-bond acceptors (Lipinski definition) is 5. The summed E-state index contributed by atoms with van der Waals surface area (Å²) < 4.78 is 26.2. The van der Waals surface area contributed by atoms with Crippen molar-refractivity contribution in [3.63, 3.8) is 0 Å². The summed E-state index contributed by atoms with van der Waals surface area (Å²) in [7, 11) is -3.39.